The van der Waals surface area contributed by atoms with Crippen molar-refractivity contribution in [1.82, 2.24) is 5.43 Å². The minimum atomic E-state index is -0.479. The minimum Gasteiger partial charge on any atom is -0.465 e. The van der Waals surface area contributed by atoms with Crippen LogP contribution in [0.3, 0.4) is 0 Å². The van der Waals surface area contributed by atoms with E-state index in [0.29, 0.717) is 27.1 Å². The molecule has 1 aromatic heterocycles. The fourth-order valence-electron chi connectivity index (χ4n) is 4.52. The van der Waals surface area contributed by atoms with Crippen LogP contribution in [0.1, 0.15) is 136 Å². The molecule has 5 nitrogen and oxygen atoms in total. The number of rotatable bonds is 5. The monoisotopic (exact) mass is 560 g/mol. The highest BCUT2D eigenvalue weighted by molar-refractivity contribution is 7.15. The van der Waals surface area contributed by atoms with Crippen molar-refractivity contribution < 1.29 is 15.8 Å². The van der Waals surface area contributed by atoms with Crippen LogP contribution >= 0.6 is 11.3 Å². The third-order valence-electron chi connectivity index (χ3n) is 6.67. The van der Waals surface area contributed by atoms with E-state index in [-0.39, 0.29) is 18.7 Å². The van der Waals surface area contributed by atoms with Crippen LogP contribution in [-0.4, -0.2) is 19.0 Å². The number of allylic oxidation sites excluding steroid dienone is 1. The summed E-state index contributed by atoms with van der Waals surface area (Å²) >= 11 is 1.24. The summed E-state index contributed by atoms with van der Waals surface area (Å²) in [4.78, 5) is 26.9. The van der Waals surface area contributed by atoms with Crippen LogP contribution in [0.5, 0.6) is 0 Å². The number of nitrogens with one attached hydrogen (secondary N) is 1. The van der Waals surface area contributed by atoms with E-state index >= 15 is 0 Å². The van der Waals surface area contributed by atoms with Crippen LogP contribution < -0.4 is 10.4 Å². The molecule has 2 aliphatic rings. The van der Waals surface area contributed by atoms with Gasteiger partial charge in [-0.15, -0.1) is 11.3 Å². The van der Waals surface area contributed by atoms with E-state index in [0.717, 1.165) is 31.6 Å². The molecule has 6 heteroatoms. The first-order valence-corrected chi connectivity index (χ1v) is 15.7. The van der Waals surface area contributed by atoms with Crippen LogP contribution in [0, 0.1) is 35.0 Å². The van der Waals surface area contributed by atoms with E-state index in [9.17, 15) is 9.59 Å². The Morgan fingerprint density at radius 2 is 1.62 bits per heavy atom. The summed E-state index contributed by atoms with van der Waals surface area (Å²) in [5.74, 6) is 7.39. The molecule has 0 aliphatic heterocycles. The van der Waals surface area contributed by atoms with Gasteiger partial charge in [0.2, 0.25) is 5.91 Å². The molecule has 2 aliphatic carbocycles. The molecule has 222 valence electrons. The summed E-state index contributed by atoms with van der Waals surface area (Å²) in [6, 6.07) is 1.79. The topological polar surface area (TPSA) is 58.6 Å². The van der Waals surface area contributed by atoms with Crippen LogP contribution in [0.4, 0.5) is 5.69 Å². The molecule has 0 spiro atoms. The zero-order valence-electron chi connectivity index (χ0n) is 26.2. The number of thiophene rings is 1. The Hall–Kier alpha value is -2.26. The molecule has 0 bridgehead atoms. The summed E-state index contributed by atoms with van der Waals surface area (Å²) in [6.07, 6.45) is 12.5. The van der Waals surface area contributed by atoms with E-state index in [1.165, 1.54) is 62.0 Å². The highest BCUT2D eigenvalue weighted by Crippen LogP contribution is 2.35. The van der Waals surface area contributed by atoms with Gasteiger partial charge in [0.25, 0.3) is 0 Å². The third-order valence-corrected chi connectivity index (χ3v) is 7.69. The number of nitrogens with zero attached hydrogens (tertiary/aromatic N) is 1. The highest BCUT2D eigenvalue weighted by atomic mass is 32.1. The molecular formula is C33H56N2O3S. The molecule has 1 amide bonds. The number of esters is 1. The predicted molar refractivity (Wildman–Crippen MR) is 169 cm³/mol. The number of carbonyl (C=O) groups is 2. The maximum absolute atomic E-state index is 13.4. The summed E-state index contributed by atoms with van der Waals surface area (Å²) in [7, 11) is 1.34. The van der Waals surface area contributed by atoms with Crippen molar-refractivity contribution in [3.8, 4) is 11.8 Å². The Bertz CT molecular complexity index is 972. The number of hydrogen-bond donors (Lipinski definition) is 1. The quantitative estimate of drug-likeness (QED) is 0.221. The standard InChI is InChI=1S/C23H32N2O3S.C7H14.C3H8.H2/c1-15(2)24-25(21(26)17-10-8-16(3)9-11-17)19-14-18(12-13-23(4,5)6)29-20(19)22(27)28-7;1-7-5-3-2-4-6-7;1-3-2;/h14,16-17,24H,1,8-11H2,2-7H3;7H,2-6H2,1H3;3H2,1-2H3;1H. The van der Waals surface area contributed by atoms with Gasteiger partial charge in [-0.2, -0.15) is 0 Å². The second kappa shape index (κ2) is 17.4. The smallest absolute Gasteiger partial charge is 0.350 e. The zero-order chi connectivity index (χ0) is 29.6. The van der Waals surface area contributed by atoms with E-state index in [1.807, 2.05) is 20.8 Å². The molecule has 3 rings (SSSR count). The van der Waals surface area contributed by atoms with Gasteiger partial charge >= 0.3 is 5.97 Å². The zero-order valence-corrected chi connectivity index (χ0v) is 27.0. The largest absolute Gasteiger partial charge is 0.465 e. The number of ether oxygens (including phenoxy) is 1. The fraction of sp³-hybridized carbons (Fsp3) is 0.697. The first-order chi connectivity index (χ1) is 18.3. The molecule has 2 saturated carbocycles. The second-order valence-electron chi connectivity index (χ2n) is 12.3. The van der Waals surface area contributed by atoms with Crippen LogP contribution in [-0.2, 0) is 9.53 Å². The summed E-state index contributed by atoms with van der Waals surface area (Å²) in [6.45, 7) is 20.6. The van der Waals surface area contributed by atoms with Gasteiger partial charge in [-0.05, 0) is 71.3 Å². The second-order valence-corrected chi connectivity index (χ2v) is 13.3. The van der Waals surface area contributed by atoms with Gasteiger partial charge < -0.3 is 4.74 Å². The molecule has 39 heavy (non-hydrogen) atoms. The summed E-state index contributed by atoms with van der Waals surface area (Å²) in [5.41, 5.74) is 3.98. The number of hydrogen-bond acceptors (Lipinski definition) is 5. The Kier molecular flexibility index (Phi) is 15.5. The van der Waals surface area contributed by atoms with Gasteiger partial charge in [-0.25, -0.2) is 9.80 Å². The van der Waals surface area contributed by atoms with Gasteiger partial charge in [0.05, 0.1) is 17.7 Å². The first-order valence-electron chi connectivity index (χ1n) is 14.8. The van der Waals surface area contributed by atoms with Crippen molar-refractivity contribution >= 4 is 28.9 Å². The van der Waals surface area contributed by atoms with Gasteiger partial charge in [0, 0.05) is 18.5 Å². The van der Waals surface area contributed by atoms with Crippen LogP contribution in [0.15, 0.2) is 18.3 Å². The number of carbonyl (C=O) groups excluding carboxylic acids is 2. The SMILES string of the molecule is C=C(C)NN(C(=O)C1CCC(C)CC1)c1cc(C#CC(C)(C)C)sc1C(=O)OC.CC1CCCCC1.CCC.[HH]. The molecule has 0 unspecified atom stereocenters. The normalized spacial score (nSPS) is 19.1. The summed E-state index contributed by atoms with van der Waals surface area (Å²) < 4.78 is 4.97. The molecule has 0 radical (unpaired) electrons. The molecule has 0 saturated heterocycles. The Balaban J connectivity index is 0.00000117. The number of anilines is 1. The lowest BCUT2D eigenvalue weighted by Gasteiger charge is -2.31. The lowest BCUT2D eigenvalue weighted by atomic mass is 9.82. The van der Waals surface area contributed by atoms with Crippen molar-refractivity contribution in [3.05, 3.63) is 28.1 Å². The number of hydrazine groups is 1. The van der Waals surface area contributed by atoms with Crippen molar-refractivity contribution in [2.45, 2.75) is 120 Å². The fourth-order valence-corrected chi connectivity index (χ4v) is 5.43. The van der Waals surface area contributed by atoms with Crippen LogP contribution in [0.2, 0.25) is 0 Å². The highest BCUT2D eigenvalue weighted by Gasteiger charge is 2.32. The van der Waals surface area contributed by atoms with Crippen molar-refractivity contribution in [2.24, 2.45) is 23.2 Å². The molecular weight excluding hydrogens is 504 g/mol. The molecule has 1 N–H and O–H groups in total. The van der Waals surface area contributed by atoms with E-state index in [1.54, 1.807) is 13.0 Å². The molecule has 2 fully saturated rings. The van der Waals surface area contributed by atoms with E-state index in [4.69, 9.17) is 4.74 Å². The van der Waals surface area contributed by atoms with Gasteiger partial charge in [-0.3, -0.25) is 10.2 Å². The van der Waals surface area contributed by atoms with Crippen LogP contribution in [0.25, 0.3) is 0 Å². The third kappa shape index (κ3) is 13.1. The molecule has 1 heterocycles. The lowest BCUT2D eigenvalue weighted by Crippen LogP contribution is -2.46. The maximum Gasteiger partial charge on any atom is 0.350 e. The van der Waals surface area contributed by atoms with Crippen molar-refractivity contribution in [3.63, 3.8) is 0 Å². The number of amides is 1. The molecule has 0 atom stereocenters. The average Bonchev–Trinajstić information content (AvgIpc) is 3.31. The van der Waals surface area contributed by atoms with Crippen molar-refractivity contribution in [2.75, 3.05) is 12.1 Å². The first kappa shape index (κ1) is 34.8. The van der Waals surface area contributed by atoms with Crippen molar-refractivity contribution in [1.29, 1.82) is 0 Å². The Labute approximate surface area is 244 Å². The summed E-state index contributed by atoms with van der Waals surface area (Å²) in [5, 5.41) is 1.47. The Morgan fingerprint density at radius 1 is 1.08 bits per heavy atom. The number of methoxy groups -OCH3 is 1. The average molecular weight is 561 g/mol. The minimum absolute atomic E-state index is 0. The van der Waals surface area contributed by atoms with Gasteiger partial charge in [-0.1, -0.05) is 84.6 Å². The van der Waals surface area contributed by atoms with Gasteiger partial charge in [0.1, 0.15) is 4.88 Å². The molecule has 1 aromatic rings. The maximum atomic E-state index is 13.4. The predicted octanol–water partition coefficient (Wildman–Crippen LogP) is 9.38. The van der Waals surface area contributed by atoms with E-state index < -0.39 is 5.97 Å². The lowest BCUT2D eigenvalue weighted by molar-refractivity contribution is -0.124. The Morgan fingerprint density at radius 3 is 2.05 bits per heavy atom. The van der Waals surface area contributed by atoms with Gasteiger partial charge in [0.15, 0.2) is 0 Å². The molecule has 0 aromatic carbocycles. The van der Waals surface area contributed by atoms with E-state index in [2.05, 4.69) is 51.5 Å².